The standard InChI is InChI=1S/C4HClN4O/c5-3-1-7-9-8-4(3)6-2-10/h1H. The van der Waals surface area contributed by atoms with Crippen molar-refractivity contribution < 1.29 is 4.79 Å². The van der Waals surface area contributed by atoms with E-state index in [1.165, 1.54) is 12.3 Å². The van der Waals surface area contributed by atoms with E-state index in [0.717, 1.165) is 0 Å². The van der Waals surface area contributed by atoms with Crippen LogP contribution < -0.4 is 0 Å². The van der Waals surface area contributed by atoms with Gasteiger partial charge in [0.2, 0.25) is 11.9 Å². The van der Waals surface area contributed by atoms with Gasteiger partial charge in [-0.2, -0.15) is 0 Å². The molecule has 10 heavy (non-hydrogen) atoms. The number of hydrogen-bond acceptors (Lipinski definition) is 5. The van der Waals surface area contributed by atoms with Crippen LogP contribution in [0.4, 0.5) is 5.82 Å². The van der Waals surface area contributed by atoms with E-state index < -0.39 is 0 Å². The van der Waals surface area contributed by atoms with Gasteiger partial charge in [-0.25, -0.2) is 4.79 Å². The van der Waals surface area contributed by atoms with Crippen molar-refractivity contribution in [2.24, 2.45) is 4.99 Å². The van der Waals surface area contributed by atoms with E-state index >= 15 is 0 Å². The Morgan fingerprint density at radius 1 is 1.70 bits per heavy atom. The van der Waals surface area contributed by atoms with E-state index in [-0.39, 0.29) is 10.8 Å². The molecule has 0 fully saturated rings. The highest BCUT2D eigenvalue weighted by atomic mass is 35.5. The van der Waals surface area contributed by atoms with Crippen LogP contribution in [0.5, 0.6) is 0 Å². The van der Waals surface area contributed by atoms with Crippen molar-refractivity contribution in [3.05, 3.63) is 11.2 Å². The smallest absolute Gasteiger partial charge is 0.211 e. The van der Waals surface area contributed by atoms with Crippen molar-refractivity contribution in [2.75, 3.05) is 0 Å². The molecule has 6 heteroatoms. The summed E-state index contributed by atoms with van der Waals surface area (Å²) in [4.78, 5) is 12.8. The lowest BCUT2D eigenvalue weighted by Crippen LogP contribution is -1.84. The van der Waals surface area contributed by atoms with Crippen molar-refractivity contribution in [1.82, 2.24) is 15.4 Å². The van der Waals surface area contributed by atoms with Crippen molar-refractivity contribution in [1.29, 1.82) is 0 Å². The number of carbonyl (C=O) groups excluding carboxylic acids is 1. The minimum atomic E-state index is 0.0340. The first-order valence-corrected chi connectivity index (χ1v) is 2.64. The van der Waals surface area contributed by atoms with Gasteiger partial charge in [0.25, 0.3) is 0 Å². The number of aromatic nitrogens is 3. The SMILES string of the molecule is O=C=Nc1nnncc1Cl. The zero-order valence-electron chi connectivity index (χ0n) is 4.65. The van der Waals surface area contributed by atoms with Gasteiger partial charge in [0.1, 0.15) is 5.02 Å². The first kappa shape index (κ1) is 6.80. The van der Waals surface area contributed by atoms with Crippen LogP contribution in [0.2, 0.25) is 5.02 Å². The molecule has 0 saturated heterocycles. The van der Waals surface area contributed by atoms with Gasteiger partial charge in [0.05, 0.1) is 6.20 Å². The van der Waals surface area contributed by atoms with E-state index in [2.05, 4.69) is 20.4 Å². The molecule has 0 unspecified atom stereocenters. The molecule has 1 rings (SSSR count). The van der Waals surface area contributed by atoms with Crippen molar-refractivity contribution in [3.8, 4) is 0 Å². The molecule has 5 nitrogen and oxygen atoms in total. The minimum Gasteiger partial charge on any atom is -0.211 e. The van der Waals surface area contributed by atoms with Gasteiger partial charge < -0.3 is 0 Å². The molecular weight excluding hydrogens is 156 g/mol. The summed E-state index contributed by atoms with van der Waals surface area (Å²) < 4.78 is 0. The van der Waals surface area contributed by atoms with Crippen LogP contribution in [-0.2, 0) is 4.79 Å². The van der Waals surface area contributed by atoms with Gasteiger partial charge in [0.15, 0.2) is 0 Å². The Kier molecular flexibility index (Phi) is 2.04. The Morgan fingerprint density at radius 2 is 2.50 bits per heavy atom. The lowest BCUT2D eigenvalue weighted by molar-refractivity contribution is 0.565. The van der Waals surface area contributed by atoms with Crippen LogP contribution in [0.25, 0.3) is 0 Å². The molecule has 0 N–H and O–H groups in total. The highest BCUT2D eigenvalue weighted by Gasteiger charge is 1.97. The third-order valence-electron chi connectivity index (χ3n) is 0.727. The summed E-state index contributed by atoms with van der Waals surface area (Å²) in [5.41, 5.74) is 0. The summed E-state index contributed by atoms with van der Waals surface area (Å²) in [6.07, 6.45) is 2.53. The summed E-state index contributed by atoms with van der Waals surface area (Å²) in [7, 11) is 0. The molecule has 1 aromatic heterocycles. The fraction of sp³-hybridized carbons (Fsp3) is 0. The highest BCUT2D eigenvalue weighted by Crippen LogP contribution is 2.17. The molecule has 1 aromatic rings. The summed E-state index contributed by atoms with van der Waals surface area (Å²) in [6, 6.07) is 0. The van der Waals surface area contributed by atoms with Gasteiger partial charge in [-0.05, 0) is 5.21 Å². The largest absolute Gasteiger partial charge is 0.242 e. The molecule has 1 heterocycles. The molecule has 50 valence electrons. The molecule has 0 atom stereocenters. The van der Waals surface area contributed by atoms with Crippen LogP contribution in [0.3, 0.4) is 0 Å². The van der Waals surface area contributed by atoms with Crippen LogP contribution in [-0.4, -0.2) is 21.5 Å². The van der Waals surface area contributed by atoms with E-state index in [4.69, 9.17) is 11.6 Å². The minimum absolute atomic E-state index is 0.0340. The molecule has 0 saturated carbocycles. The molecule has 0 aliphatic carbocycles. The Bertz CT molecular complexity index is 282. The summed E-state index contributed by atoms with van der Waals surface area (Å²) in [5, 5.41) is 10.1. The monoisotopic (exact) mass is 156 g/mol. The maximum atomic E-state index is 9.69. The quantitative estimate of drug-likeness (QED) is 0.438. The second kappa shape index (κ2) is 3.00. The molecule has 0 aliphatic rings. The topological polar surface area (TPSA) is 68.1 Å². The van der Waals surface area contributed by atoms with Crippen molar-refractivity contribution in [3.63, 3.8) is 0 Å². The van der Waals surface area contributed by atoms with Crippen LogP contribution >= 0.6 is 11.6 Å². The predicted octanol–water partition coefficient (Wildman–Crippen LogP) is 0.492. The van der Waals surface area contributed by atoms with Gasteiger partial charge in [-0.3, -0.25) is 0 Å². The van der Waals surface area contributed by atoms with Gasteiger partial charge in [-0.15, -0.1) is 15.2 Å². The third kappa shape index (κ3) is 1.34. The Labute approximate surface area is 60.8 Å². The lowest BCUT2D eigenvalue weighted by Gasteiger charge is -1.86. The predicted molar refractivity (Wildman–Crippen MR) is 32.6 cm³/mol. The van der Waals surface area contributed by atoms with Crippen molar-refractivity contribution >= 4 is 23.5 Å². The summed E-state index contributed by atoms with van der Waals surface area (Å²) >= 11 is 5.47. The lowest BCUT2D eigenvalue weighted by atomic mass is 10.6. The molecule has 0 radical (unpaired) electrons. The summed E-state index contributed by atoms with van der Waals surface area (Å²) in [6.45, 7) is 0. The molecule has 0 spiro atoms. The number of halogens is 1. The molecule has 0 aromatic carbocycles. The molecule has 0 aliphatic heterocycles. The number of hydrogen-bond donors (Lipinski definition) is 0. The molecule has 0 bridgehead atoms. The van der Waals surface area contributed by atoms with E-state index in [9.17, 15) is 4.79 Å². The van der Waals surface area contributed by atoms with Crippen LogP contribution in [0.15, 0.2) is 11.2 Å². The maximum absolute atomic E-state index is 9.69. The number of nitrogens with zero attached hydrogens (tertiary/aromatic N) is 4. The molecule has 0 amide bonds. The Hall–Kier alpha value is -1.32. The molecular formula is C4HClN4O. The number of isocyanates is 1. The highest BCUT2D eigenvalue weighted by molar-refractivity contribution is 6.32. The maximum Gasteiger partial charge on any atom is 0.242 e. The zero-order chi connectivity index (χ0) is 7.40. The fourth-order valence-electron chi connectivity index (χ4n) is 0.369. The number of rotatable bonds is 1. The van der Waals surface area contributed by atoms with Crippen molar-refractivity contribution in [2.45, 2.75) is 0 Å². The summed E-state index contributed by atoms with van der Waals surface area (Å²) in [5.74, 6) is 0.0340. The Balaban J connectivity index is 3.14. The Morgan fingerprint density at radius 3 is 3.10 bits per heavy atom. The first-order chi connectivity index (χ1) is 4.84. The number of aliphatic imine (C=N–C) groups is 1. The van der Waals surface area contributed by atoms with E-state index in [1.807, 2.05) is 0 Å². The van der Waals surface area contributed by atoms with Gasteiger partial charge >= 0.3 is 0 Å². The zero-order valence-corrected chi connectivity index (χ0v) is 5.41. The second-order valence-electron chi connectivity index (χ2n) is 1.31. The first-order valence-electron chi connectivity index (χ1n) is 2.26. The second-order valence-corrected chi connectivity index (χ2v) is 1.72. The fourth-order valence-corrected chi connectivity index (χ4v) is 0.493. The van der Waals surface area contributed by atoms with Crippen LogP contribution in [0.1, 0.15) is 0 Å². The average molecular weight is 157 g/mol. The third-order valence-corrected chi connectivity index (χ3v) is 0.994. The van der Waals surface area contributed by atoms with Gasteiger partial charge in [-0.1, -0.05) is 11.6 Å². The van der Waals surface area contributed by atoms with Crippen LogP contribution in [0, 0.1) is 0 Å². The average Bonchev–Trinajstić information content (AvgIpc) is 1.94. The van der Waals surface area contributed by atoms with Gasteiger partial charge in [0, 0.05) is 0 Å². The van der Waals surface area contributed by atoms with E-state index in [0.29, 0.717) is 0 Å². The van der Waals surface area contributed by atoms with E-state index in [1.54, 1.807) is 0 Å². The normalized spacial score (nSPS) is 8.50.